The first-order valence-corrected chi connectivity index (χ1v) is 9.45. The van der Waals surface area contributed by atoms with E-state index < -0.39 is 0 Å². The van der Waals surface area contributed by atoms with Gasteiger partial charge in [0.2, 0.25) is 5.91 Å². The summed E-state index contributed by atoms with van der Waals surface area (Å²) in [4.78, 5) is 13.1. The first-order chi connectivity index (χ1) is 12.7. The normalized spacial score (nSPS) is 10.5. The molecule has 132 valence electrons. The number of nitrogens with zero attached hydrogens (tertiary/aromatic N) is 2. The Morgan fingerprint density at radius 1 is 0.962 bits per heavy atom. The van der Waals surface area contributed by atoms with Gasteiger partial charge in [-0.25, -0.2) is 0 Å². The highest BCUT2D eigenvalue weighted by atomic mass is 35.5. The van der Waals surface area contributed by atoms with E-state index in [0.717, 1.165) is 21.0 Å². The van der Waals surface area contributed by atoms with Crippen LogP contribution in [-0.2, 0) is 17.8 Å². The van der Waals surface area contributed by atoms with Crippen LogP contribution >= 0.6 is 23.4 Å². The van der Waals surface area contributed by atoms with Crippen molar-refractivity contribution in [1.29, 1.82) is 0 Å². The molecular weight excluding hydrogens is 366 g/mol. The summed E-state index contributed by atoms with van der Waals surface area (Å²) in [7, 11) is 0. The van der Waals surface area contributed by atoms with Crippen molar-refractivity contribution in [3.8, 4) is 0 Å². The Morgan fingerprint density at radius 3 is 2.54 bits per heavy atom. The van der Waals surface area contributed by atoms with Crippen molar-refractivity contribution in [3.05, 3.63) is 83.0 Å². The molecule has 1 N–H and O–H groups in total. The van der Waals surface area contributed by atoms with Crippen molar-refractivity contribution in [2.45, 2.75) is 29.3 Å². The second kappa shape index (κ2) is 9.36. The van der Waals surface area contributed by atoms with Crippen LogP contribution in [0.25, 0.3) is 0 Å². The molecule has 1 amide bonds. The molecule has 6 heteroatoms. The number of aryl methyl sites for hydroxylation is 1. The number of benzene rings is 2. The topological polar surface area (TPSA) is 54.9 Å². The molecule has 0 unspecified atom stereocenters. The van der Waals surface area contributed by atoms with E-state index in [-0.39, 0.29) is 5.91 Å². The fraction of sp³-hybridized carbons (Fsp3) is 0.150. The molecule has 0 aliphatic carbocycles. The zero-order valence-electron chi connectivity index (χ0n) is 14.1. The predicted octanol–water partition coefficient (Wildman–Crippen LogP) is 4.53. The van der Waals surface area contributed by atoms with E-state index in [0.29, 0.717) is 24.5 Å². The Morgan fingerprint density at radius 2 is 1.77 bits per heavy atom. The van der Waals surface area contributed by atoms with E-state index in [1.807, 2.05) is 54.6 Å². The highest BCUT2D eigenvalue weighted by Crippen LogP contribution is 2.26. The Balaban J connectivity index is 1.50. The molecule has 26 heavy (non-hydrogen) atoms. The zero-order chi connectivity index (χ0) is 18.2. The molecule has 4 nitrogen and oxygen atoms in total. The van der Waals surface area contributed by atoms with Crippen molar-refractivity contribution in [1.82, 2.24) is 15.5 Å². The van der Waals surface area contributed by atoms with Crippen molar-refractivity contribution < 1.29 is 4.79 Å². The van der Waals surface area contributed by atoms with E-state index in [1.165, 1.54) is 11.8 Å². The van der Waals surface area contributed by atoms with Crippen molar-refractivity contribution in [2.75, 3.05) is 0 Å². The van der Waals surface area contributed by atoms with Crippen LogP contribution < -0.4 is 5.32 Å². The first-order valence-electron chi connectivity index (χ1n) is 8.26. The molecule has 0 aliphatic heterocycles. The van der Waals surface area contributed by atoms with Gasteiger partial charge in [0.05, 0.1) is 0 Å². The molecule has 0 saturated heterocycles. The third-order valence-corrected chi connectivity index (χ3v) is 4.82. The van der Waals surface area contributed by atoms with Gasteiger partial charge in [0.15, 0.2) is 5.15 Å². The van der Waals surface area contributed by atoms with Gasteiger partial charge >= 0.3 is 0 Å². The van der Waals surface area contributed by atoms with Gasteiger partial charge in [0.1, 0.15) is 5.03 Å². The fourth-order valence-corrected chi connectivity index (χ4v) is 3.30. The maximum absolute atomic E-state index is 12.1. The Labute approximate surface area is 162 Å². The maximum Gasteiger partial charge on any atom is 0.220 e. The van der Waals surface area contributed by atoms with Gasteiger partial charge < -0.3 is 5.32 Å². The molecule has 0 saturated carbocycles. The number of carbonyl (C=O) groups excluding carboxylic acids is 1. The lowest BCUT2D eigenvalue weighted by Gasteiger charge is -2.07. The minimum absolute atomic E-state index is 0.0514. The van der Waals surface area contributed by atoms with Crippen molar-refractivity contribution >= 4 is 29.3 Å². The Kier molecular flexibility index (Phi) is 6.63. The Bertz CT molecular complexity index is 856. The lowest BCUT2D eigenvalue weighted by atomic mass is 10.1. The Hall–Kier alpha value is -2.37. The molecule has 0 atom stereocenters. The van der Waals surface area contributed by atoms with Gasteiger partial charge in [-0.3, -0.25) is 4.79 Å². The number of carbonyl (C=O) groups is 1. The number of hydrogen-bond donors (Lipinski definition) is 1. The molecule has 3 rings (SSSR count). The van der Waals surface area contributed by atoms with Crippen LogP contribution in [0, 0.1) is 0 Å². The summed E-state index contributed by atoms with van der Waals surface area (Å²) in [6, 6.07) is 21.6. The number of rotatable bonds is 7. The summed E-state index contributed by atoms with van der Waals surface area (Å²) in [5, 5.41) is 12.0. The summed E-state index contributed by atoms with van der Waals surface area (Å²) >= 11 is 7.27. The molecule has 1 aromatic heterocycles. The second-order valence-electron chi connectivity index (χ2n) is 5.71. The average molecular weight is 384 g/mol. The molecule has 0 fully saturated rings. The summed E-state index contributed by atoms with van der Waals surface area (Å²) in [5.41, 5.74) is 2.22. The number of nitrogens with one attached hydrogen (secondary N) is 1. The molecule has 3 aromatic rings. The van der Waals surface area contributed by atoms with Crippen LogP contribution in [-0.4, -0.2) is 16.1 Å². The van der Waals surface area contributed by atoms with Gasteiger partial charge in [-0.15, -0.1) is 10.2 Å². The number of halogens is 1. The van der Waals surface area contributed by atoms with Gasteiger partial charge in [0.25, 0.3) is 0 Å². The minimum atomic E-state index is 0.0514. The average Bonchev–Trinajstić information content (AvgIpc) is 2.68. The zero-order valence-corrected chi connectivity index (χ0v) is 15.6. The molecule has 0 bridgehead atoms. The molecular formula is C20H18ClN3OS. The third-order valence-electron chi connectivity index (χ3n) is 3.70. The van der Waals surface area contributed by atoms with E-state index in [9.17, 15) is 4.79 Å². The van der Waals surface area contributed by atoms with Crippen LogP contribution in [0.4, 0.5) is 0 Å². The van der Waals surface area contributed by atoms with Crippen LogP contribution in [0.1, 0.15) is 17.5 Å². The SMILES string of the molecule is O=C(CCc1cccc(Sc2ccc(Cl)nn2)c1)NCc1ccccc1. The van der Waals surface area contributed by atoms with E-state index in [4.69, 9.17) is 11.6 Å². The molecule has 0 radical (unpaired) electrons. The van der Waals surface area contributed by atoms with E-state index >= 15 is 0 Å². The van der Waals surface area contributed by atoms with E-state index in [2.05, 4.69) is 21.6 Å². The summed E-state index contributed by atoms with van der Waals surface area (Å²) in [6.07, 6.45) is 1.16. The lowest BCUT2D eigenvalue weighted by Crippen LogP contribution is -2.22. The predicted molar refractivity (Wildman–Crippen MR) is 104 cm³/mol. The molecule has 0 aliphatic rings. The quantitative estimate of drug-likeness (QED) is 0.651. The van der Waals surface area contributed by atoms with Crippen LogP contribution in [0.15, 0.2) is 76.7 Å². The van der Waals surface area contributed by atoms with Gasteiger partial charge in [-0.05, 0) is 41.8 Å². The summed E-state index contributed by atoms with van der Waals surface area (Å²) in [5.74, 6) is 0.0514. The van der Waals surface area contributed by atoms with E-state index in [1.54, 1.807) is 6.07 Å². The van der Waals surface area contributed by atoms with Crippen molar-refractivity contribution in [3.63, 3.8) is 0 Å². The van der Waals surface area contributed by atoms with Gasteiger partial charge in [0, 0.05) is 17.9 Å². The monoisotopic (exact) mass is 383 g/mol. The fourth-order valence-electron chi connectivity index (χ4n) is 2.39. The smallest absolute Gasteiger partial charge is 0.220 e. The second-order valence-corrected chi connectivity index (χ2v) is 7.19. The van der Waals surface area contributed by atoms with Crippen molar-refractivity contribution in [2.24, 2.45) is 0 Å². The molecule has 0 spiro atoms. The lowest BCUT2D eigenvalue weighted by molar-refractivity contribution is -0.121. The van der Waals surface area contributed by atoms with Crippen LogP contribution in [0.2, 0.25) is 5.15 Å². The number of amides is 1. The van der Waals surface area contributed by atoms with Gasteiger partial charge in [-0.2, -0.15) is 0 Å². The number of aromatic nitrogens is 2. The minimum Gasteiger partial charge on any atom is -0.352 e. The molecule has 2 aromatic carbocycles. The third kappa shape index (κ3) is 5.86. The summed E-state index contributed by atoms with van der Waals surface area (Å²) in [6.45, 7) is 0.560. The summed E-state index contributed by atoms with van der Waals surface area (Å²) < 4.78 is 0. The van der Waals surface area contributed by atoms with Crippen LogP contribution in [0.5, 0.6) is 0 Å². The highest BCUT2D eigenvalue weighted by molar-refractivity contribution is 7.99. The first kappa shape index (κ1) is 18.4. The molecule has 1 heterocycles. The highest BCUT2D eigenvalue weighted by Gasteiger charge is 2.05. The van der Waals surface area contributed by atoms with Crippen LogP contribution in [0.3, 0.4) is 0 Å². The maximum atomic E-state index is 12.1. The largest absolute Gasteiger partial charge is 0.352 e. The number of hydrogen-bond acceptors (Lipinski definition) is 4. The van der Waals surface area contributed by atoms with Gasteiger partial charge in [-0.1, -0.05) is 65.8 Å². The standard InChI is InChI=1S/C20H18ClN3OS/c21-18-10-12-20(24-23-18)26-17-8-4-7-15(13-17)9-11-19(25)22-14-16-5-2-1-3-6-16/h1-8,10,12-13H,9,11,14H2,(H,22,25).